The van der Waals surface area contributed by atoms with E-state index in [1.54, 1.807) is 24.3 Å². The molecular weight excluding hydrogens is 260 g/mol. The van der Waals surface area contributed by atoms with Crippen molar-refractivity contribution >= 4 is 17.4 Å². The van der Waals surface area contributed by atoms with Crippen molar-refractivity contribution in [1.82, 2.24) is 0 Å². The van der Waals surface area contributed by atoms with Gasteiger partial charge >= 0.3 is 0 Å². The van der Waals surface area contributed by atoms with Crippen molar-refractivity contribution in [3.05, 3.63) is 64.2 Å². The molecule has 0 aliphatic rings. The Kier molecular flexibility index (Phi) is 4.23. The molecule has 0 spiro atoms. The number of carbonyl (C=O) groups excluding carboxylic acids is 1. The number of Topliss-reactive ketones (excluding diaryl/α,β-unsaturated/α-hetero) is 1. The van der Waals surface area contributed by atoms with E-state index < -0.39 is 0 Å². The van der Waals surface area contributed by atoms with Crippen molar-refractivity contribution < 1.29 is 9.53 Å². The lowest BCUT2D eigenvalue weighted by atomic mass is 10.1. The third-order valence-electron chi connectivity index (χ3n) is 3.06. The lowest BCUT2D eigenvalue weighted by molar-refractivity contribution is 0.0921. The number of hydrogen-bond acceptors (Lipinski definition) is 2. The highest BCUT2D eigenvalue weighted by Crippen LogP contribution is 2.21. The van der Waals surface area contributed by atoms with E-state index in [0.29, 0.717) is 10.6 Å². The van der Waals surface area contributed by atoms with Crippen molar-refractivity contribution in [2.75, 3.05) is 6.61 Å². The molecule has 0 amide bonds. The van der Waals surface area contributed by atoms with E-state index in [1.165, 1.54) is 0 Å². The molecule has 2 nitrogen and oxygen atoms in total. The number of carbonyl (C=O) groups is 1. The quantitative estimate of drug-likeness (QED) is 0.781. The van der Waals surface area contributed by atoms with Gasteiger partial charge in [0, 0.05) is 10.6 Å². The standard InChI is InChI=1S/C16H15ClO2/c1-11-5-3-8-16(12(11)2)19-10-15(18)13-6-4-7-14(17)9-13/h3-9H,10H2,1-2H3. The van der Waals surface area contributed by atoms with Crippen LogP contribution in [-0.2, 0) is 0 Å². The molecule has 0 aliphatic carbocycles. The van der Waals surface area contributed by atoms with Crippen molar-refractivity contribution in [2.45, 2.75) is 13.8 Å². The van der Waals surface area contributed by atoms with Gasteiger partial charge in [-0.1, -0.05) is 35.9 Å². The summed E-state index contributed by atoms with van der Waals surface area (Å²) in [4.78, 5) is 12.0. The predicted molar refractivity (Wildman–Crippen MR) is 77.2 cm³/mol. The van der Waals surface area contributed by atoms with Gasteiger partial charge in [-0.2, -0.15) is 0 Å². The first-order valence-corrected chi connectivity index (χ1v) is 6.43. The van der Waals surface area contributed by atoms with Crippen LogP contribution in [0.4, 0.5) is 0 Å². The summed E-state index contributed by atoms with van der Waals surface area (Å²) in [5.74, 6) is 0.666. The molecule has 2 aromatic rings. The summed E-state index contributed by atoms with van der Waals surface area (Å²) in [6.07, 6.45) is 0. The fourth-order valence-corrected chi connectivity index (χ4v) is 1.96. The van der Waals surface area contributed by atoms with Crippen LogP contribution in [0.15, 0.2) is 42.5 Å². The molecule has 0 radical (unpaired) electrons. The van der Waals surface area contributed by atoms with Crippen LogP contribution in [0.2, 0.25) is 5.02 Å². The molecule has 3 heteroatoms. The Morgan fingerprint density at radius 3 is 2.63 bits per heavy atom. The fourth-order valence-electron chi connectivity index (χ4n) is 1.77. The lowest BCUT2D eigenvalue weighted by Crippen LogP contribution is -2.12. The van der Waals surface area contributed by atoms with E-state index in [0.717, 1.165) is 16.9 Å². The van der Waals surface area contributed by atoms with Crippen LogP contribution in [-0.4, -0.2) is 12.4 Å². The normalized spacial score (nSPS) is 10.3. The van der Waals surface area contributed by atoms with Gasteiger partial charge in [0.05, 0.1) is 0 Å². The molecule has 0 fully saturated rings. The SMILES string of the molecule is Cc1cccc(OCC(=O)c2cccc(Cl)c2)c1C. The summed E-state index contributed by atoms with van der Waals surface area (Å²) in [6, 6.07) is 12.7. The Bertz CT molecular complexity index is 605. The number of hydrogen-bond donors (Lipinski definition) is 0. The Morgan fingerprint density at radius 1 is 1.16 bits per heavy atom. The van der Waals surface area contributed by atoms with E-state index in [2.05, 4.69) is 0 Å². The Labute approximate surface area is 118 Å². The largest absolute Gasteiger partial charge is 0.485 e. The van der Waals surface area contributed by atoms with E-state index in [-0.39, 0.29) is 12.4 Å². The average Bonchev–Trinajstić information content (AvgIpc) is 2.40. The summed E-state index contributed by atoms with van der Waals surface area (Å²) in [5, 5.41) is 0.553. The van der Waals surface area contributed by atoms with Gasteiger partial charge in [-0.3, -0.25) is 4.79 Å². The maximum absolute atomic E-state index is 12.0. The van der Waals surface area contributed by atoms with Crippen LogP contribution in [0.25, 0.3) is 0 Å². The summed E-state index contributed by atoms with van der Waals surface area (Å²) in [5.41, 5.74) is 2.77. The first-order valence-electron chi connectivity index (χ1n) is 6.05. The lowest BCUT2D eigenvalue weighted by Gasteiger charge is -2.10. The van der Waals surface area contributed by atoms with Crippen molar-refractivity contribution in [3.8, 4) is 5.75 Å². The van der Waals surface area contributed by atoms with Crippen molar-refractivity contribution in [2.24, 2.45) is 0 Å². The van der Waals surface area contributed by atoms with Gasteiger partial charge in [-0.05, 0) is 43.2 Å². The Morgan fingerprint density at radius 2 is 1.89 bits per heavy atom. The number of benzene rings is 2. The summed E-state index contributed by atoms with van der Waals surface area (Å²) in [6.45, 7) is 4.01. The van der Waals surface area contributed by atoms with Crippen LogP contribution in [0.3, 0.4) is 0 Å². The minimum atomic E-state index is -0.0802. The minimum absolute atomic E-state index is 0.0185. The van der Waals surface area contributed by atoms with E-state index >= 15 is 0 Å². The van der Waals surface area contributed by atoms with Gasteiger partial charge in [-0.15, -0.1) is 0 Å². The summed E-state index contributed by atoms with van der Waals surface area (Å²) >= 11 is 5.86. The molecule has 2 rings (SSSR count). The zero-order chi connectivity index (χ0) is 13.8. The van der Waals surface area contributed by atoms with Gasteiger partial charge in [0.2, 0.25) is 0 Å². The molecule has 2 aromatic carbocycles. The molecule has 19 heavy (non-hydrogen) atoms. The average molecular weight is 275 g/mol. The Balaban J connectivity index is 2.07. The molecule has 0 N–H and O–H groups in total. The molecule has 0 aliphatic heterocycles. The van der Waals surface area contributed by atoms with E-state index in [9.17, 15) is 4.79 Å². The molecule has 0 unspecified atom stereocenters. The molecule has 0 saturated heterocycles. The highest BCUT2D eigenvalue weighted by atomic mass is 35.5. The highest BCUT2D eigenvalue weighted by molar-refractivity contribution is 6.31. The molecular formula is C16H15ClO2. The van der Waals surface area contributed by atoms with Gasteiger partial charge in [0.15, 0.2) is 12.4 Å². The molecule has 0 heterocycles. The second-order valence-corrected chi connectivity index (χ2v) is 4.86. The Hall–Kier alpha value is -1.80. The number of halogens is 1. The van der Waals surface area contributed by atoms with E-state index in [1.807, 2.05) is 32.0 Å². The second kappa shape index (κ2) is 5.89. The third kappa shape index (κ3) is 3.36. The van der Waals surface area contributed by atoms with Gasteiger partial charge in [0.25, 0.3) is 0 Å². The second-order valence-electron chi connectivity index (χ2n) is 4.42. The first-order chi connectivity index (χ1) is 9.08. The zero-order valence-electron chi connectivity index (χ0n) is 10.9. The monoisotopic (exact) mass is 274 g/mol. The molecule has 0 bridgehead atoms. The van der Waals surface area contributed by atoms with Crippen LogP contribution in [0.5, 0.6) is 5.75 Å². The number of ether oxygens (including phenoxy) is 1. The van der Waals surface area contributed by atoms with E-state index in [4.69, 9.17) is 16.3 Å². The van der Waals surface area contributed by atoms with Gasteiger partial charge in [-0.25, -0.2) is 0 Å². The minimum Gasteiger partial charge on any atom is -0.485 e. The fraction of sp³-hybridized carbons (Fsp3) is 0.188. The van der Waals surface area contributed by atoms with Crippen molar-refractivity contribution in [1.29, 1.82) is 0 Å². The van der Waals surface area contributed by atoms with Crippen LogP contribution >= 0.6 is 11.6 Å². The maximum atomic E-state index is 12.0. The van der Waals surface area contributed by atoms with Crippen molar-refractivity contribution in [3.63, 3.8) is 0 Å². The topological polar surface area (TPSA) is 26.3 Å². The smallest absolute Gasteiger partial charge is 0.200 e. The molecule has 0 atom stereocenters. The summed E-state index contributed by atoms with van der Waals surface area (Å²) < 4.78 is 5.58. The number of aryl methyl sites for hydroxylation is 1. The number of ketones is 1. The van der Waals surface area contributed by atoms with Gasteiger partial charge in [0.1, 0.15) is 5.75 Å². The maximum Gasteiger partial charge on any atom is 0.200 e. The number of rotatable bonds is 4. The van der Waals surface area contributed by atoms with Crippen LogP contribution < -0.4 is 4.74 Å². The van der Waals surface area contributed by atoms with Crippen LogP contribution in [0, 0.1) is 13.8 Å². The third-order valence-corrected chi connectivity index (χ3v) is 3.30. The zero-order valence-corrected chi connectivity index (χ0v) is 11.7. The molecule has 98 valence electrons. The first kappa shape index (κ1) is 13.6. The highest BCUT2D eigenvalue weighted by Gasteiger charge is 2.09. The predicted octanol–water partition coefficient (Wildman–Crippen LogP) is 4.22. The van der Waals surface area contributed by atoms with Crippen LogP contribution in [0.1, 0.15) is 21.5 Å². The molecule has 0 aromatic heterocycles. The van der Waals surface area contributed by atoms with Gasteiger partial charge < -0.3 is 4.74 Å². The molecule has 0 saturated carbocycles. The summed E-state index contributed by atoms with van der Waals surface area (Å²) in [7, 11) is 0.